The SMILES string of the molecule is Cc1ccc2nc(SC(C(=O)Nc3ccc(S(N)(=O)=O)cc3)c3ccccc3)[nH]c2c1. The van der Waals surface area contributed by atoms with Gasteiger partial charge in [-0.2, -0.15) is 0 Å². The third-order valence-corrected chi connectivity index (χ3v) is 6.70. The maximum absolute atomic E-state index is 13.2. The van der Waals surface area contributed by atoms with Gasteiger partial charge in [-0.1, -0.05) is 48.2 Å². The topological polar surface area (TPSA) is 118 Å². The van der Waals surface area contributed by atoms with E-state index in [0.717, 1.165) is 22.2 Å². The Hall–Kier alpha value is -3.14. The smallest absolute Gasteiger partial charge is 0.242 e. The van der Waals surface area contributed by atoms with Gasteiger partial charge in [-0.15, -0.1) is 0 Å². The zero-order valence-corrected chi connectivity index (χ0v) is 18.2. The summed E-state index contributed by atoms with van der Waals surface area (Å²) in [5.74, 6) is -0.254. The number of nitrogens with zero attached hydrogens (tertiary/aromatic N) is 1. The van der Waals surface area contributed by atoms with Crippen LogP contribution in [0, 0.1) is 6.92 Å². The van der Waals surface area contributed by atoms with Crippen molar-refractivity contribution in [2.24, 2.45) is 5.14 Å². The molecule has 31 heavy (non-hydrogen) atoms. The van der Waals surface area contributed by atoms with Gasteiger partial charge in [0.1, 0.15) is 5.25 Å². The number of amides is 1. The first-order valence-corrected chi connectivity index (χ1v) is 11.8. The molecule has 0 aliphatic rings. The molecule has 158 valence electrons. The van der Waals surface area contributed by atoms with Gasteiger partial charge in [0.25, 0.3) is 0 Å². The number of primary sulfonamides is 1. The molecule has 0 bridgehead atoms. The van der Waals surface area contributed by atoms with Crippen LogP contribution in [0.4, 0.5) is 5.69 Å². The van der Waals surface area contributed by atoms with E-state index in [2.05, 4.69) is 15.3 Å². The highest BCUT2D eigenvalue weighted by molar-refractivity contribution is 8.00. The fraction of sp³-hybridized carbons (Fsp3) is 0.0909. The van der Waals surface area contributed by atoms with E-state index >= 15 is 0 Å². The van der Waals surface area contributed by atoms with Crippen molar-refractivity contribution in [3.63, 3.8) is 0 Å². The van der Waals surface area contributed by atoms with Crippen LogP contribution in [-0.4, -0.2) is 24.3 Å². The lowest BCUT2D eigenvalue weighted by Crippen LogP contribution is -2.19. The van der Waals surface area contributed by atoms with Crippen LogP contribution < -0.4 is 10.5 Å². The first kappa shape index (κ1) is 21.1. The summed E-state index contributed by atoms with van der Waals surface area (Å²) in [6.45, 7) is 2.01. The Kier molecular flexibility index (Phi) is 5.81. The van der Waals surface area contributed by atoms with Crippen molar-refractivity contribution in [1.82, 2.24) is 9.97 Å². The Morgan fingerprint density at radius 1 is 1.06 bits per heavy atom. The monoisotopic (exact) mass is 452 g/mol. The van der Waals surface area contributed by atoms with Gasteiger partial charge >= 0.3 is 0 Å². The summed E-state index contributed by atoms with van der Waals surface area (Å²) in [6, 6.07) is 21.1. The van der Waals surface area contributed by atoms with E-state index in [1.165, 1.54) is 36.0 Å². The lowest BCUT2D eigenvalue weighted by atomic mass is 10.1. The number of carbonyl (C=O) groups excluding carboxylic acids is 1. The molecule has 0 saturated heterocycles. The highest BCUT2D eigenvalue weighted by atomic mass is 32.2. The summed E-state index contributed by atoms with van der Waals surface area (Å²) in [7, 11) is -3.79. The number of benzene rings is 3. The molecule has 1 atom stereocenters. The van der Waals surface area contributed by atoms with Gasteiger partial charge in [-0.05, 0) is 54.4 Å². The molecule has 0 saturated carbocycles. The predicted molar refractivity (Wildman–Crippen MR) is 122 cm³/mol. The number of H-pyrrole nitrogens is 1. The molecule has 7 nitrogen and oxygen atoms in total. The minimum absolute atomic E-state index is 0.0166. The normalized spacial score (nSPS) is 12.6. The molecule has 3 aromatic carbocycles. The standard InChI is InChI=1S/C22H20N4O3S2/c1-14-7-12-18-19(13-14)26-22(25-18)30-20(15-5-3-2-4-6-15)21(27)24-16-8-10-17(11-9-16)31(23,28)29/h2-13,20H,1H3,(H,24,27)(H,25,26)(H2,23,28,29). The van der Waals surface area contributed by atoms with Crippen LogP contribution >= 0.6 is 11.8 Å². The highest BCUT2D eigenvalue weighted by Gasteiger charge is 2.24. The van der Waals surface area contributed by atoms with E-state index in [9.17, 15) is 13.2 Å². The number of rotatable bonds is 6. The first-order valence-electron chi connectivity index (χ1n) is 9.41. The average molecular weight is 453 g/mol. The lowest BCUT2D eigenvalue weighted by Gasteiger charge is -2.16. The van der Waals surface area contributed by atoms with E-state index in [0.29, 0.717) is 10.8 Å². The maximum Gasteiger partial charge on any atom is 0.242 e. The second-order valence-corrected chi connectivity index (χ2v) is 9.68. The van der Waals surface area contributed by atoms with Gasteiger partial charge in [0, 0.05) is 5.69 Å². The maximum atomic E-state index is 13.2. The number of carbonyl (C=O) groups is 1. The molecule has 0 fully saturated rings. The number of hydrogen-bond acceptors (Lipinski definition) is 5. The van der Waals surface area contributed by atoms with Crippen molar-refractivity contribution >= 4 is 44.4 Å². The Morgan fingerprint density at radius 2 is 1.77 bits per heavy atom. The van der Waals surface area contributed by atoms with Gasteiger partial charge < -0.3 is 10.3 Å². The number of thioether (sulfide) groups is 1. The third kappa shape index (κ3) is 4.96. The predicted octanol–water partition coefficient (Wildman–Crippen LogP) is 3.99. The number of imidazole rings is 1. The van der Waals surface area contributed by atoms with E-state index < -0.39 is 15.3 Å². The Balaban J connectivity index is 1.60. The average Bonchev–Trinajstić information content (AvgIpc) is 3.14. The number of anilines is 1. The van der Waals surface area contributed by atoms with Crippen molar-refractivity contribution in [3.8, 4) is 0 Å². The molecule has 9 heteroatoms. The molecule has 1 aromatic heterocycles. The van der Waals surface area contributed by atoms with Crippen LogP contribution in [0.3, 0.4) is 0 Å². The van der Waals surface area contributed by atoms with Crippen LogP contribution in [0.5, 0.6) is 0 Å². The second kappa shape index (κ2) is 8.54. The van der Waals surface area contributed by atoms with Gasteiger partial charge in [-0.25, -0.2) is 18.5 Å². The largest absolute Gasteiger partial charge is 0.333 e. The van der Waals surface area contributed by atoms with E-state index in [-0.39, 0.29) is 10.8 Å². The molecule has 4 rings (SSSR count). The number of aromatic amines is 1. The van der Waals surface area contributed by atoms with E-state index in [1.54, 1.807) is 0 Å². The van der Waals surface area contributed by atoms with E-state index in [4.69, 9.17) is 5.14 Å². The summed E-state index contributed by atoms with van der Waals surface area (Å²) in [6.07, 6.45) is 0. The summed E-state index contributed by atoms with van der Waals surface area (Å²) >= 11 is 1.31. The molecular weight excluding hydrogens is 432 g/mol. The summed E-state index contributed by atoms with van der Waals surface area (Å²) in [5, 5.41) is 8.04. The lowest BCUT2D eigenvalue weighted by molar-refractivity contribution is -0.115. The number of aromatic nitrogens is 2. The van der Waals surface area contributed by atoms with Gasteiger partial charge in [-0.3, -0.25) is 4.79 Å². The molecule has 4 N–H and O–H groups in total. The first-order chi connectivity index (χ1) is 14.8. The Labute approximate surface area is 184 Å². The van der Waals surface area contributed by atoms with Crippen LogP contribution in [0.1, 0.15) is 16.4 Å². The molecule has 1 heterocycles. The van der Waals surface area contributed by atoms with Gasteiger partial charge in [0.05, 0.1) is 15.9 Å². The molecule has 0 aliphatic heterocycles. The van der Waals surface area contributed by atoms with Crippen molar-refractivity contribution in [3.05, 3.63) is 83.9 Å². The number of fused-ring (bicyclic) bond motifs is 1. The van der Waals surface area contributed by atoms with Crippen LogP contribution in [0.25, 0.3) is 11.0 Å². The molecule has 1 unspecified atom stereocenters. The van der Waals surface area contributed by atoms with Crippen LogP contribution in [0.15, 0.2) is 82.8 Å². The zero-order valence-electron chi connectivity index (χ0n) is 16.6. The second-order valence-electron chi connectivity index (χ2n) is 7.03. The summed E-state index contributed by atoms with van der Waals surface area (Å²) in [4.78, 5) is 21.0. The van der Waals surface area contributed by atoms with Crippen molar-refractivity contribution in [2.45, 2.75) is 22.2 Å². The number of sulfonamides is 1. The number of nitrogens with two attached hydrogens (primary N) is 1. The molecular formula is C22H20N4O3S2. The summed E-state index contributed by atoms with van der Waals surface area (Å²) in [5.41, 5.74) is 4.15. The van der Waals surface area contributed by atoms with E-state index in [1.807, 2.05) is 55.5 Å². The molecule has 1 amide bonds. The Bertz CT molecular complexity index is 1330. The molecule has 0 aliphatic carbocycles. The number of aryl methyl sites for hydroxylation is 1. The van der Waals surface area contributed by atoms with Gasteiger partial charge in [0.15, 0.2) is 5.16 Å². The minimum atomic E-state index is -3.79. The van der Waals surface area contributed by atoms with Crippen LogP contribution in [0.2, 0.25) is 0 Å². The third-order valence-electron chi connectivity index (χ3n) is 4.64. The quantitative estimate of drug-likeness (QED) is 0.382. The number of hydrogen-bond donors (Lipinski definition) is 3. The van der Waals surface area contributed by atoms with Crippen molar-refractivity contribution in [2.75, 3.05) is 5.32 Å². The van der Waals surface area contributed by atoms with Crippen molar-refractivity contribution < 1.29 is 13.2 Å². The fourth-order valence-corrected chi connectivity index (χ4v) is 4.62. The Morgan fingerprint density at radius 3 is 2.45 bits per heavy atom. The minimum Gasteiger partial charge on any atom is -0.333 e. The van der Waals surface area contributed by atoms with Crippen molar-refractivity contribution in [1.29, 1.82) is 0 Å². The highest BCUT2D eigenvalue weighted by Crippen LogP contribution is 2.35. The molecule has 0 spiro atoms. The summed E-state index contributed by atoms with van der Waals surface area (Å²) < 4.78 is 22.9. The molecule has 4 aromatic rings. The van der Waals surface area contributed by atoms with Gasteiger partial charge in [0.2, 0.25) is 15.9 Å². The molecule has 0 radical (unpaired) electrons. The number of nitrogens with one attached hydrogen (secondary N) is 2. The zero-order chi connectivity index (χ0) is 22.0. The van der Waals surface area contributed by atoms with Crippen LogP contribution in [-0.2, 0) is 14.8 Å². The fourth-order valence-electron chi connectivity index (χ4n) is 3.10.